The molecule has 1 amide bonds. The van der Waals surface area contributed by atoms with Gasteiger partial charge in [-0.2, -0.15) is 12.7 Å². The molecule has 10 heteroatoms. The maximum atomic E-state index is 12.8. The van der Waals surface area contributed by atoms with Gasteiger partial charge in [0.2, 0.25) is 5.91 Å². The van der Waals surface area contributed by atoms with Gasteiger partial charge in [0.05, 0.1) is 21.2 Å². The van der Waals surface area contributed by atoms with Crippen LogP contribution in [-0.4, -0.2) is 48.1 Å². The van der Waals surface area contributed by atoms with Gasteiger partial charge in [0, 0.05) is 44.7 Å². The Labute approximate surface area is 167 Å². The molecule has 0 spiro atoms. The second-order valence-corrected chi connectivity index (χ2v) is 9.64. The van der Waals surface area contributed by atoms with Crippen molar-refractivity contribution in [3.05, 3.63) is 27.9 Å². The highest BCUT2D eigenvalue weighted by atomic mass is 35.5. The van der Waals surface area contributed by atoms with Gasteiger partial charge in [0.25, 0.3) is 0 Å². The molecular formula is C17H20Cl2N4O3S. The third kappa shape index (κ3) is 3.40. The topological polar surface area (TPSA) is 85.5 Å². The van der Waals surface area contributed by atoms with Crippen molar-refractivity contribution >= 4 is 55.9 Å². The van der Waals surface area contributed by atoms with Gasteiger partial charge >= 0.3 is 10.2 Å². The first-order valence-corrected chi connectivity index (χ1v) is 11.0. The highest BCUT2D eigenvalue weighted by Crippen LogP contribution is 2.40. The molecule has 0 bridgehead atoms. The molecule has 1 aromatic carbocycles. The maximum Gasteiger partial charge on any atom is 0.302 e. The van der Waals surface area contributed by atoms with E-state index in [0.29, 0.717) is 39.7 Å². The summed E-state index contributed by atoms with van der Waals surface area (Å²) in [5.74, 6) is 0.141. The molecular weight excluding hydrogens is 411 g/mol. The van der Waals surface area contributed by atoms with E-state index in [-0.39, 0.29) is 18.4 Å². The second kappa shape index (κ2) is 6.84. The number of piperidine rings is 1. The molecule has 2 aliphatic heterocycles. The van der Waals surface area contributed by atoms with E-state index in [1.807, 2.05) is 0 Å². The molecule has 0 aliphatic carbocycles. The number of carbonyl (C=O) groups is 1. The first kappa shape index (κ1) is 18.9. The molecule has 2 N–H and O–H groups in total. The smallest absolute Gasteiger partial charge is 0.302 e. The van der Waals surface area contributed by atoms with Crippen LogP contribution in [-0.2, 0) is 21.5 Å². The van der Waals surface area contributed by atoms with E-state index in [0.717, 1.165) is 24.9 Å². The summed E-state index contributed by atoms with van der Waals surface area (Å²) >= 11 is 12.5. The molecule has 1 atom stereocenters. The molecule has 0 radical (unpaired) electrons. The first-order valence-electron chi connectivity index (χ1n) is 8.77. The van der Waals surface area contributed by atoms with Crippen LogP contribution in [0.5, 0.6) is 0 Å². The van der Waals surface area contributed by atoms with E-state index in [9.17, 15) is 13.2 Å². The predicted molar refractivity (Wildman–Crippen MR) is 106 cm³/mol. The number of nitrogens with zero attached hydrogens (tertiary/aromatic N) is 2. The lowest BCUT2D eigenvalue weighted by Gasteiger charge is -2.36. The minimum atomic E-state index is -3.70. The standard InChI is InChI=1S/C17H20Cl2N4O3S/c1-10(24)22-4-2-3-11(7-22)8-23-9-12-5-13(18)15-14(19)6-20-17(15)16(12)21-27(23,25)26/h5-6,11,20-21H,2-4,7-9H2,1H3. The van der Waals surface area contributed by atoms with Crippen molar-refractivity contribution in [1.82, 2.24) is 14.2 Å². The zero-order valence-electron chi connectivity index (χ0n) is 14.8. The number of carbonyl (C=O) groups excluding carboxylic acids is 1. The number of hydrogen-bond donors (Lipinski definition) is 2. The van der Waals surface area contributed by atoms with Crippen molar-refractivity contribution in [2.45, 2.75) is 26.3 Å². The molecule has 2 aromatic rings. The lowest BCUT2D eigenvalue weighted by Crippen LogP contribution is -2.46. The number of likely N-dealkylation sites (tertiary alicyclic amines) is 1. The zero-order chi connectivity index (χ0) is 19.3. The summed E-state index contributed by atoms with van der Waals surface area (Å²) in [6.45, 7) is 3.46. The van der Waals surface area contributed by atoms with Gasteiger partial charge in [0.15, 0.2) is 0 Å². The fraction of sp³-hybridized carbons (Fsp3) is 0.471. The van der Waals surface area contributed by atoms with Crippen LogP contribution in [0.4, 0.5) is 5.69 Å². The summed E-state index contributed by atoms with van der Waals surface area (Å²) in [6.07, 6.45) is 3.38. The van der Waals surface area contributed by atoms with Gasteiger partial charge in [-0.05, 0) is 30.4 Å². The van der Waals surface area contributed by atoms with E-state index in [1.54, 1.807) is 24.1 Å². The zero-order valence-corrected chi connectivity index (χ0v) is 17.1. The van der Waals surface area contributed by atoms with Gasteiger partial charge in [-0.3, -0.25) is 9.52 Å². The number of aromatic amines is 1. The van der Waals surface area contributed by atoms with Crippen LogP contribution in [0, 0.1) is 5.92 Å². The average Bonchev–Trinajstić information content (AvgIpc) is 2.99. The Hall–Kier alpha value is -1.48. The van der Waals surface area contributed by atoms with Gasteiger partial charge in [-0.25, -0.2) is 0 Å². The average molecular weight is 431 g/mol. The van der Waals surface area contributed by atoms with Crippen LogP contribution in [0.1, 0.15) is 25.3 Å². The highest BCUT2D eigenvalue weighted by molar-refractivity contribution is 7.90. The first-order chi connectivity index (χ1) is 12.8. The fourth-order valence-corrected chi connectivity index (χ4v) is 5.91. The van der Waals surface area contributed by atoms with Crippen LogP contribution in [0.3, 0.4) is 0 Å². The summed E-state index contributed by atoms with van der Waals surface area (Å²) in [5.41, 5.74) is 1.87. The Balaban J connectivity index is 1.63. The van der Waals surface area contributed by atoms with Crippen molar-refractivity contribution in [3.63, 3.8) is 0 Å². The lowest BCUT2D eigenvalue weighted by atomic mass is 9.97. The van der Waals surface area contributed by atoms with Crippen molar-refractivity contribution in [1.29, 1.82) is 0 Å². The number of benzene rings is 1. The summed E-state index contributed by atoms with van der Waals surface area (Å²) in [7, 11) is -3.70. The number of anilines is 1. The van der Waals surface area contributed by atoms with E-state index in [1.165, 1.54) is 4.31 Å². The predicted octanol–water partition coefficient (Wildman–Crippen LogP) is 3.21. The molecule has 1 unspecified atom stereocenters. The summed E-state index contributed by atoms with van der Waals surface area (Å²) in [4.78, 5) is 16.4. The molecule has 4 rings (SSSR count). The minimum Gasteiger partial charge on any atom is -0.358 e. The van der Waals surface area contributed by atoms with Crippen molar-refractivity contribution in [2.24, 2.45) is 5.92 Å². The van der Waals surface area contributed by atoms with Gasteiger partial charge in [0.1, 0.15) is 0 Å². The van der Waals surface area contributed by atoms with Gasteiger partial charge < -0.3 is 9.88 Å². The Morgan fingerprint density at radius 1 is 1.33 bits per heavy atom. The van der Waals surface area contributed by atoms with Gasteiger partial charge in [-0.15, -0.1) is 0 Å². The quantitative estimate of drug-likeness (QED) is 0.766. The van der Waals surface area contributed by atoms with E-state index in [4.69, 9.17) is 23.2 Å². The van der Waals surface area contributed by atoms with Gasteiger partial charge in [-0.1, -0.05) is 23.2 Å². The number of amides is 1. The normalized spacial score (nSPS) is 22.5. The van der Waals surface area contributed by atoms with Crippen molar-refractivity contribution < 1.29 is 13.2 Å². The van der Waals surface area contributed by atoms with Crippen molar-refractivity contribution in [3.8, 4) is 0 Å². The molecule has 1 saturated heterocycles. The maximum absolute atomic E-state index is 12.8. The Kier molecular flexibility index (Phi) is 4.78. The fourth-order valence-electron chi connectivity index (χ4n) is 3.95. The Morgan fingerprint density at radius 3 is 2.85 bits per heavy atom. The number of fused-ring (bicyclic) bond motifs is 3. The molecule has 1 fully saturated rings. The largest absolute Gasteiger partial charge is 0.358 e. The van der Waals surface area contributed by atoms with Crippen molar-refractivity contribution in [2.75, 3.05) is 24.4 Å². The second-order valence-electron chi connectivity index (χ2n) is 7.15. The molecule has 3 heterocycles. The van der Waals surface area contributed by atoms with E-state index >= 15 is 0 Å². The van der Waals surface area contributed by atoms with Crippen LogP contribution >= 0.6 is 23.2 Å². The molecule has 1 aromatic heterocycles. The molecule has 146 valence electrons. The summed E-state index contributed by atoms with van der Waals surface area (Å²) in [6, 6.07) is 1.76. The molecule has 7 nitrogen and oxygen atoms in total. The van der Waals surface area contributed by atoms with Crippen LogP contribution in [0.25, 0.3) is 10.9 Å². The molecule has 27 heavy (non-hydrogen) atoms. The SMILES string of the molecule is CC(=O)N1CCCC(CN2Cc3cc(Cl)c4c(Cl)c[nH]c4c3NS2(=O)=O)C1. The number of H-pyrrole nitrogens is 1. The third-order valence-electron chi connectivity index (χ3n) is 5.29. The lowest BCUT2D eigenvalue weighted by molar-refractivity contribution is -0.130. The Morgan fingerprint density at radius 2 is 2.11 bits per heavy atom. The Bertz CT molecular complexity index is 1020. The number of halogens is 2. The summed E-state index contributed by atoms with van der Waals surface area (Å²) in [5, 5.41) is 1.54. The monoisotopic (exact) mass is 430 g/mol. The molecule has 2 aliphatic rings. The number of aromatic nitrogens is 1. The highest BCUT2D eigenvalue weighted by Gasteiger charge is 2.34. The number of nitrogens with one attached hydrogen (secondary N) is 2. The number of hydrogen-bond acceptors (Lipinski definition) is 3. The van der Waals surface area contributed by atoms with Crippen LogP contribution in [0.2, 0.25) is 10.0 Å². The third-order valence-corrected chi connectivity index (χ3v) is 7.30. The molecule has 0 saturated carbocycles. The van der Waals surface area contributed by atoms with Crippen LogP contribution < -0.4 is 4.72 Å². The van der Waals surface area contributed by atoms with Crippen LogP contribution in [0.15, 0.2) is 12.3 Å². The van der Waals surface area contributed by atoms with E-state index in [2.05, 4.69) is 9.71 Å². The summed E-state index contributed by atoms with van der Waals surface area (Å²) < 4.78 is 29.7. The minimum absolute atomic E-state index is 0.0301. The van der Waals surface area contributed by atoms with E-state index < -0.39 is 10.2 Å². The number of rotatable bonds is 2.